The summed E-state index contributed by atoms with van der Waals surface area (Å²) in [6.45, 7) is 0. The van der Waals surface area contributed by atoms with Crippen LogP contribution in [-0.4, -0.2) is 14.2 Å². The minimum Gasteiger partial charge on any atom is -0.207 e. The van der Waals surface area contributed by atoms with Gasteiger partial charge in [-0.2, -0.15) is 0 Å². The predicted molar refractivity (Wildman–Crippen MR) is 94.0 cm³/mol. The Balaban J connectivity index is 1.95. The molecule has 0 bridgehead atoms. The van der Waals surface area contributed by atoms with Crippen molar-refractivity contribution in [3.05, 3.63) is 57.5 Å². The Hall–Kier alpha value is -0.530. The summed E-state index contributed by atoms with van der Waals surface area (Å²) in [5.41, 5.74) is 0.944. The molecule has 1 aliphatic heterocycles. The van der Waals surface area contributed by atoms with Crippen LogP contribution in [0.25, 0.3) is 0 Å². The fraction of sp³-hybridized carbons (Fsp3) is 0.200. The van der Waals surface area contributed by atoms with E-state index in [0.717, 1.165) is 22.6 Å². The molecule has 0 aliphatic carbocycles. The van der Waals surface area contributed by atoms with Crippen LogP contribution >= 0.6 is 39.3 Å². The Morgan fingerprint density at radius 1 is 1.23 bits per heavy atom. The maximum absolute atomic E-state index is 12.6. The Morgan fingerprint density at radius 3 is 2.77 bits per heavy atom. The third kappa shape index (κ3) is 3.36. The van der Waals surface area contributed by atoms with Gasteiger partial charge in [-0.1, -0.05) is 23.7 Å². The minimum atomic E-state index is -3.60. The molecule has 3 nitrogen and oxygen atoms in total. The minimum absolute atomic E-state index is 0.247. The molecule has 7 heteroatoms. The zero-order valence-corrected chi connectivity index (χ0v) is 15.4. The van der Waals surface area contributed by atoms with Gasteiger partial charge in [0, 0.05) is 20.4 Å². The average Bonchev–Trinajstić information content (AvgIpc) is 2.48. The number of thioether (sulfide) groups is 1. The molecule has 3 rings (SSSR count). The molecule has 0 saturated heterocycles. The van der Waals surface area contributed by atoms with Crippen molar-refractivity contribution >= 4 is 49.3 Å². The van der Waals surface area contributed by atoms with E-state index in [-0.39, 0.29) is 10.9 Å². The molecular formula is C15H13BrClNO2S2. The lowest BCUT2D eigenvalue weighted by atomic mass is 10.1. The van der Waals surface area contributed by atoms with Crippen molar-refractivity contribution in [2.45, 2.75) is 22.3 Å². The largest absolute Gasteiger partial charge is 0.242 e. The highest BCUT2D eigenvalue weighted by atomic mass is 79.9. The highest BCUT2D eigenvalue weighted by Crippen LogP contribution is 2.38. The Bertz CT molecular complexity index is 811. The van der Waals surface area contributed by atoms with E-state index in [1.807, 2.05) is 18.2 Å². The number of hydrogen-bond donors (Lipinski definition) is 1. The molecule has 0 spiro atoms. The third-order valence-corrected chi connectivity index (χ3v) is 7.28. The average molecular weight is 419 g/mol. The molecule has 0 fully saturated rings. The summed E-state index contributed by atoms with van der Waals surface area (Å²) in [6.07, 6.45) is 0.738. The van der Waals surface area contributed by atoms with Crippen LogP contribution in [0, 0.1) is 0 Å². The van der Waals surface area contributed by atoms with Crippen LogP contribution in [0.4, 0.5) is 0 Å². The van der Waals surface area contributed by atoms with Crippen LogP contribution < -0.4 is 4.72 Å². The van der Waals surface area contributed by atoms with Gasteiger partial charge in [0.05, 0.1) is 4.90 Å². The van der Waals surface area contributed by atoms with Gasteiger partial charge in [0.1, 0.15) is 0 Å². The van der Waals surface area contributed by atoms with Crippen LogP contribution in [0.2, 0.25) is 5.02 Å². The van der Waals surface area contributed by atoms with E-state index in [1.165, 1.54) is 0 Å². The molecule has 1 atom stereocenters. The molecule has 1 aliphatic rings. The van der Waals surface area contributed by atoms with E-state index in [0.29, 0.717) is 9.50 Å². The summed E-state index contributed by atoms with van der Waals surface area (Å²) in [4.78, 5) is 1.33. The van der Waals surface area contributed by atoms with Gasteiger partial charge in [0.15, 0.2) is 0 Å². The van der Waals surface area contributed by atoms with Crippen LogP contribution in [0.5, 0.6) is 0 Å². The maximum atomic E-state index is 12.6. The molecule has 0 unspecified atom stereocenters. The SMILES string of the molecule is O=S(=O)(N[C@H]1CCSc2ccc(Cl)cc21)c1ccccc1Br. The quantitative estimate of drug-likeness (QED) is 0.791. The fourth-order valence-corrected chi connectivity index (χ4v) is 5.94. The first kappa shape index (κ1) is 16.3. The Morgan fingerprint density at radius 2 is 2.00 bits per heavy atom. The third-order valence-electron chi connectivity index (χ3n) is 3.43. The normalized spacial score (nSPS) is 18.0. The van der Waals surface area contributed by atoms with Crippen molar-refractivity contribution in [2.24, 2.45) is 0 Å². The first-order valence-electron chi connectivity index (χ1n) is 6.66. The molecule has 2 aromatic rings. The van der Waals surface area contributed by atoms with Gasteiger partial charge in [-0.3, -0.25) is 0 Å². The zero-order chi connectivity index (χ0) is 15.7. The second-order valence-electron chi connectivity index (χ2n) is 4.92. The van der Waals surface area contributed by atoms with Gasteiger partial charge < -0.3 is 0 Å². The second kappa shape index (κ2) is 6.53. The van der Waals surface area contributed by atoms with E-state index in [2.05, 4.69) is 20.7 Å². The lowest BCUT2D eigenvalue weighted by Crippen LogP contribution is -2.31. The molecule has 1 N–H and O–H groups in total. The van der Waals surface area contributed by atoms with Gasteiger partial charge in [-0.05, 0) is 64.0 Å². The van der Waals surface area contributed by atoms with Gasteiger partial charge in [-0.15, -0.1) is 11.8 Å². The lowest BCUT2D eigenvalue weighted by molar-refractivity contribution is 0.545. The van der Waals surface area contributed by atoms with E-state index in [1.54, 1.807) is 36.0 Å². The van der Waals surface area contributed by atoms with Crippen molar-refractivity contribution in [2.75, 3.05) is 5.75 Å². The van der Waals surface area contributed by atoms with Crippen molar-refractivity contribution in [3.63, 3.8) is 0 Å². The molecule has 116 valence electrons. The number of rotatable bonds is 3. The van der Waals surface area contributed by atoms with Crippen molar-refractivity contribution in [1.82, 2.24) is 4.72 Å². The summed E-state index contributed by atoms with van der Waals surface area (Å²) < 4.78 is 28.6. The van der Waals surface area contributed by atoms with E-state index in [4.69, 9.17) is 11.6 Å². The van der Waals surface area contributed by atoms with Gasteiger partial charge in [0.2, 0.25) is 10.0 Å². The van der Waals surface area contributed by atoms with Crippen molar-refractivity contribution < 1.29 is 8.42 Å². The van der Waals surface area contributed by atoms with Crippen LogP contribution in [0.1, 0.15) is 18.0 Å². The number of benzene rings is 2. The monoisotopic (exact) mass is 417 g/mol. The van der Waals surface area contributed by atoms with E-state index in [9.17, 15) is 8.42 Å². The predicted octanol–water partition coefficient (Wildman–Crippen LogP) is 4.62. The number of fused-ring (bicyclic) bond motifs is 1. The second-order valence-corrected chi connectivity index (χ2v) is 9.03. The number of halogens is 2. The molecule has 0 aromatic heterocycles. The van der Waals surface area contributed by atoms with Crippen LogP contribution in [0.3, 0.4) is 0 Å². The lowest BCUT2D eigenvalue weighted by Gasteiger charge is -2.26. The molecule has 0 saturated carbocycles. The summed E-state index contributed by atoms with van der Waals surface area (Å²) >= 11 is 11.1. The summed E-state index contributed by atoms with van der Waals surface area (Å²) in [5, 5.41) is 0.617. The van der Waals surface area contributed by atoms with E-state index >= 15 is 0 Å². The molecule has 2 aromatic carbocycles. The topological polar surface area (TPSA) is 46.2 Å². The smallest absolute Gasteiger partial charge is 0.207 e. The molecule has 1 heterocycles. The highest BCUT2D eigenvalue weighted by Gasteiger charge is 2.27. The first-order valence-corrected chi connectivity index (χ1v) is 10.3. The number of nitrogens with one attached hydrogen (secondary N) is 1. The fourth-order valence-electron chi connectivity index (χ4n) is 2.40. The van der Waals surface area contributed by atoms with Gasteiger partial charge in [0.25, 0.3) is 0 Å². The maximum Gasteiger partial charge on any atom is 0.242 e. The molecular weight excluding hydrogens is 406 g/mol. The molecule has 0 radical (unpaired) electrons. The first-order chi connectivity index (χ1) is 10.5. The Labute approximate surface area is 147 Å². The van der Waals surface area contributed by atoms with Gasteiger partial charge in [-0.25, -0.2) is 13.1 Å². The summed E-state index contributed by atoms with van der Waals surface area (Å²) in [6, 6.07) is 12.2. The molecule has 22 heavy (non-hydrogen) atoms. The van der Waals surface area contributed by atoms with E-state index < -0.39 is 10.0 Å². The number of sulfonamides is 1. The summed E-state index contributed by atoms with van der Waals surface area (Å²) in [5.74, 6) is 0.873. The standard InChI is InChI=1S/C15H13BrClNO2S2/c16-12-3-1-2-4-15(12)22(19,20)18-13-7-8-21-14-6-5-10(17)9-11(13)14/h1-6,9,13,18H,7-8H2/t13-/m0/s1. The van der Waals surface area contributed by atoms with Crippen LogP contribution in [-0.2, 0) is 10.0 Å². The highest BCUT2D eigenvalue weighted by molar-refractivity contribution is 9.10. The van der Waals surface area contributed by atoms with Gasteiger partial charge >= 0.3 is 0 Å². The van der Waals surface area contributed by atoms with Crippen molar-refractivity contribution in [3.8, 4) is 0 Å². The Kier molecular flexibility index (Phi) is 4.85. The van der Waals surface area contributed by atoms with Crippen LogP contribution in [0.15, 0.2) is 56.7 Å². The van der Waals surface area contributed by atoms with Crippen molar-refractivity contribution in [1.29, 1.82) is 0 Å². The zero-order valence-electron chi connectivity index (χ0n) is 11.4. The number of hydrogen-bond acceptors (Lipinski definition) is 3. The molecule has 0 amide bonds. The summed E-state index contributed by atoms with van der Waals surface area (Å²) in [7, 11) is -3.60.